The van der Waals surface area contributed by atoms with Gasteiger partial charge in [-0.25, -0.2) is 0 Å². The summed E-state index contributed by atoms with van der Waals surface area (Å²) in [6, 6.07) is -1.91. The Bertz CT molecular complexity index is 99.0. The molecule has 9 heavy (non-hydrogen) atoms. The first-order chi connectivity index (χ1) is 4.22. The van der Waals surface area contributed by atoms with E-state index in [-0.39, 0.29) is 0 Å². The maximum atomic E-state index is 11.8. The third-order valence-electron chi connectivity index (χ3n) is 0.956. The summed E-state index contributed by atoms with van der Waals surface area (Å²) in [7, 11) is 1.57. The van der Waals surface area contributed by atoms with Crippen molar-refractivity contribution < 1.29 is 9.18 Å². The van der Waals surface area contributed by atoms with Crippen molar-refractivity contribution in [1.29, 1.82) is 0 Å². The highest BCUT2D eigenvalue weighted by atomic mass is 32.2. The zero-order valence-electron chi connectivity index (χ0n) is 5.48. The van der Waals surface area contributed by atoms with Crippen LogP contribution in [0.5, 0.6) is 0 Å². The van der Waals surface area contributed by atoms with Gasteiger partial charge in [0.15, 0.2) is 0 Å². The van der Waals surface area contributed by atoms with Gasteiger partial charge < -0.3 is 5.32 Å². The molecule has 0 fully saturated rings. The van der Waals surface area contributed by atoms with Crippen LogP contribution in [0, 0.1) is 0 Å². The van der Waals surface area contributed by atoms with Crippen molar-refractivity contribution >= 4 is 17.8 Å². The molecule has 0 aliphatic heterocycles. The van der Waals surface area contributed by atoms with Gasteiger partial charge in [-0.2, -0.15) is 16.2 Å². The quantitative estimate of drug-likeness (QED) is 0.591. The summed E-state index contributed by atoms with van der Waals surface area (Å²) >= 11 is 1.44. The smallest absolute Gasteiger partial charge is 0.308 e. The van der Waals surface area contributed by atoms with E-state index in [0.717, 1.165) is 0 Å². The number of rotatable bonds is 4. The predicted octanol–water partition coefficient (Wildman–Crippen LogP) is 0.433. The molecule has 0 bridgehead atoms. The molecule has 0 saturated carbocycles. The number of likely N-dealkylation sites (N-methyl/N-ethyl adjacent to an activating group) is 1. The average Bonchev–Trinajstić information content (AvgIpc) is 1.82. The first-order valence-electron chi connectivity index (χ1n) is 2.58. The lowest BCUT2D eigenvalue weighted by atomic mass is 10.4. The summed E-state index contributed by atoms with van der Waals surface area (Å²) in [5.74, 6) is 0.492. The summed E-state index contributed by atoms with van der Waals surface area (Å²) in [4.78, 5) is 10.0. The Balaban J connectivity index is 3.54. The van der Waals surface area contributed by atoms with E-state index < -0.39 is 12.1 Å². The summed E-state index contributed by atoms with van der Waals surface area (Å²) < 4.78 is 11.8. The summed E-state index contributed by atoms with van der Waals surface area (Å²) in [6.07, 6.45) is 1.83. The van der Waals surface area contributed by atoms with E-state index in [1.54, 1.807) is 7.05 Å². The standard InChI is InChI=1S/C5H10FNOS/c1-7-4(3-9-2)5(6)8/h4,7H,3H2,1-2H3. The number of thioether (sulfide) groups is 1. The number of hydrogen-bond acceptors (Lipinski definition) is 3. The van der Waals surface area contributed by atoms with E-state index in [2.05, 4.69) is 5.32 Å². The fraction of sp³-hybridized carbons (Fsp3) is 0.800. The van der Waals surface area contributed by atoms with Gasteiger partial charge in [0.2, 0.25) is 0 Å². The first kappa shape index (κ1) is 8.91. The van der Waals surface area contributed by atoms with E-state index in [1.165, 1.54) is 11.8 Å². The second kappa shape index (κ2) is 4.76. The zero-order valence-corrected chi connectivity index (χ0v) is 6.30. The van der Waals surface area contributed by atoms with Crippen LogP contribution in [0.3, 0.4) is 0 Å². The molecule has 0 amide bonds. The molecule has 0 aromatic rings. The highest BCUT2D eigenvalue weighted by Gasteiger charge is 2.13. The van der Waals surface area contributed by atoms with E-state index in [1.807, 2.05) is 6.26 Å². The van der Waals surface area contributed by atoms with Gasteiger partial charge in [-0.1, -0.05) is 0 Å². The predicted molar refractivity (Wildman–Crippen MR) is 37.3 cm³/mol. The highest BCUT2D eigenvalue weighted by Crippen LogP contribution is 1.97. The zero-order chi connectivity index (χ0) is 7.28. The topological polar surface area (TPSA) is 29.1 Å². The van der Waals surface area contributed by atoms with Gasteiger partial charge in [0, 0.05) is 5.75 Å². The van der Waals surface area contributed by atoms with Crippen LogP contribution in [0.4, 0.5) is 4.39 Å². The Morgan fingerprint density at radius 3 is 2.56 bits per heavy atom. The Labute approximate surface area is 58.2 Å². The Morgan fingerprint density at radius 1 is 1.89 bits per heavy atom. The van der Waals surface area contributed by atoms with Crippen LogP contribution in [0.15, 0.2) is 0 Å². The molecule has 0 aromatic carbocycles. The minimum Gasteiger partial charge on any atom is -0.308 e. The van der Waals surface area contributed by atoms with E-state index in [4.69, 9.17) is 0 Å². The normalized spacial score (nSPS) is 13.2. The van der Waals surface area contributed by atoms with Crippen LogP contribution < -0.4 is 5.32 Å². The molecule has 0 spiro atoms. The van der Waals surface area contributed by atoms with Gasteiger partial charge in [0.25, 0.3) is 0 Å². The fourth-order valence-corrected chi connectivity index (χ4v) is 1.06. The van der Waals surface area contributed by atoms with Crippen molar-refractivity contribution in [3.8, 4) is 0 Å². The maximum absolute atomic E-state index is 11.8. The van der Waals surface area contributed by atoms with Crippen LogP contribution >= 0.6 is 11.8 Å². The maximum Gasteiger partial charge on any atom is 0.319 e. The molecule has 1 unspecified atom stereocenters. The first-order valence-corrected chi connectivity index (χ1v) is 3.97. The lowest BCUT2D eigenvalue weighted by Gasteiger charge is -2.06. The molecule has 0 radical (unpaired) electrons. The summed E-state index contributed by atoms with van der Waals surface area (Å²) in [6.45, 7) is 0. The second-order valence-corrected chi connectivity index (χ2v) is 2.51. The SMILES string of the molecule is CNC(CSC)C(=O)F. The van der Waals surface area contributed by atoms with Crippen molar-refractivity contribution in [3.63, 3.8) is 0 Å². The average molecular weight is 151 g/mol. The Morgan fingerprint density at radius 2 is 2.44 bits per heavy atom. The van der Waals surface area contributed by atoms with Gasteiger partial charge in [0.1, 0.15) is 6.04 Å². The monoisotopic (exact) mass is 151 g/mol. The Hall–Kier alpha value is -0.0900. The second-order valence-electron chi connectivity index (χ2n) is 1.60. The number of nitrogens with one attached hydrogen (secondary N) is 1. The van der Waals surface area contributed by atoms with Gasteiger partial charge in [-0.3, -0.25) is 4.79 Å². The molecule has 2 nitrogen and oxygen atoms in total. The molecular weight excluding hydrogens is 141 g/mol. The number of halogens is 1. The molecule has 0 saturated heterocycles. The molecule has 0 aliphatic rings. The molecule has 1 N–H and O–H groups in total. The largest absolute Gasteiger partial charge is 0.319 e. The molecule has 54 valence electrons. The minimum absolute atomic E-state index is 0.492. The molecule has 0 aliphatic carbocycles. The Kier molecular flexibility index (Phi) is 4.71. The van der Waals surface area contributed by atoms with Gasteiger partial charge >= 0.3 is 6.04 Å². The van der Waals surface area contributed by atoms with Crippen molar-refractivity contribution in [2.75, 3.05) is 19.1 Å². The van der Waals surface area contributed by atoms with Crippen molar-refractivity contribution in [1.82, 2.24) is 5.32 Å². The van der Waals surface area contributed by atoms with Gasteiger partial charge in [0.05, 0.1) is 0 Å². The number of carbonyl (C=O) groups excluding carboxylic acids is 1. The molecule has 0 heterocycles. The molecular formula is C5H10FNOS. The van der Waals surface area contributed by atoms with E-state index in [9.17, 15) is 9.18 Å². The number of hydrogen-bond donors (Lipinski definition) is 1. The van der Waals surface area contributed by atoms with Crippen molar-refractivity contribution in [3.05, 3.63) is 0 Å². The van der Waals surface area contributed by atoms with Gasteiger partial charge in [-0.15, -0.1) is 0 Å². The van der Waals surface area contributed by atoms with Crippen molar-refractivity contribution in [2.45, 2.75) is 6.04 Å². The third-order valence-corrected chi connectivity index (χ3v) is 1.62. The van der Waals surface area contributed by atoms with E-state index >= 15 is 0 Å². The molecule has 0 aromatic heterocycles. The molecule has 1 atom stereocenters. The van der Waals surface area contributed by atoms with Gasteiger partial charge in [-0.05, 0) is 13.3 Å². The summed E-state index contributed by atoms with van der Waals surface area (Å²) in [5, 5.41) is 2.56. The highest BCUT2D eigenvalue weighted by molar-refractivity contribution is 7.98. The fourth-order valence-electron chi connectivity index (χ4n) is 0.429. The lowest BCUT2D eigenvalue weighted by molar-refractivity contribution is -0.130. The molecule has 0 rings (SSSR count). The molecule has 4 heteroatoms. The lowest BCUT2D eigenvalue weighted by Crippen LogP contribution is -2.33. The van der Waals surface area contributed by atoms with Crippen LogP contribution in [-0.2, 0) is 4.79 Å². The third kappa shape index (κ3) is 3.48. The van der Waals surface area contributed by atoms with Crippen LogP contribution in [0.1, 0.15) is 0 Å². The van der Waals surface area contributed by atoms with E-state index in [0.29, 0.717) is 5.75 Å². The minimum atomic E-state index is -1.29. The summed E-state index contributed by atoms with van der Waals surface area (Å²) in [5.41, 5.74) is 0. The van der Waals surface area contributed by atoms with Crippen LogP contribution in [0.2, 0.25) is 0 Å². The van der Waals surface area contributed by atoms with Crippen LogP contribution in [0.25, 0.3) is 0 Å². The van der Waals surface area contributed by atoms with Crippen LogP contribution in [-0.4, -0.2) is 31.1 Å². The van der Waals surface area contributed by atoms with Crippen molar-refractivity contribution in [2.24, 2.45) is 0 Å². The number of carbonyl (C=O) groups is 1.